The third-order valence-electron chi connectivity index (χ3n) is 6.58. The third-order valence-corrected chi connectivity index (χ3v) is 7.63. The summed E-state index contributed by atoms with van der Waals surface area (Å²) in [6.45, 7) is 2.33. The van der Waals surface area contributed by atoms with Gasteiger partial charge in [0.25, 0.3) is 5.91 Å². The van der Waals surface area contributed by atoms with Gasteiger partial charge in [0.1, 0.15) is 6.61 Å². The van der Waals surface area contributed by atoms with Gasteiger partial charge in [-0.15, -0.1) is 0 Å². The van der Waals surface area contributed by atoms with E-state index in [0.29, 0.717) is 28.9 Å². The molecule has 3 aromatic carbocycles. The molecule has 0 aliphatic carbocycles. The lowest BCUT2D eigenvalue weighted by Crippen LogP contribution is -2.37. The zero-order chi connectivity index (χ0) is 24.7. The number of amides is 1. The summed E-state index contributed by atoms with van der Waals surface area (Å²) in [7, 11) is 1.62. The molecule has 36 heavy (non-hydrogen) atoms. The first-order valence-corrected chi connectivity index (χ1v) is 13.2. The van der Waals surface area contributed by atoms with Gasteiger partial charge in [-0.2, -0.15) is 4.99 Å². The Labute approximate surface area is 216 Å². The molecule has 1 fully saturated rings. The Hall–Kier alpha value is -3.51. The van der Waals surface area contributed by atoms with E-state index in [0.717, 1.165) is 48.6 Å². The molecule has 0 radical (unpaired) electrons. The minimum Gasteiger partial charge on any atom is -0.493 e. The molecule has 2 aliphatic heterocycles. The topological polar surface area (TPSA) is 51.1 Å². The van der Waals surface area contributed by atoms with Crippen LogP contribution < -0.4 is 9.47 Å². The Balaban J connectivity index is 1.18. The summed E-state index contributed by atoms with van der Waals surface area (Å²) >= 11 is 1.47. The van der Waals surface area contributed by atoms with E-state index in [9.17, 15) is 4.79 Å². The van der Waals surface area contributed by atoms with E-state index in [2.05, 4.69) is 40.2 Å². The fourth-order valence-electron chi connectivity index (χ4n) is 4.59. The molecule has 0 atom stereocenters. The zero-order valence-electron chi connectivity index (χ0n) is 20.4. The first kappa shape index (κ1) is 24.2. The average molecular weight is 499 g/mol. The van der Waals surface area contributed by atoms with E-state index in [1.807, 2.05) is 54.6 Å². The standard InChI is InChI=1S/C30H30N2O3S/c1-34-27-19-25(12-13-26(27)35-21-24-10-6-3-7-11-24)20-28-29(33)31-30(36-28)32-16-14-23(15-17-32)18-22-8-4-2-5-9-22/h2-13,19-20,23H,14-18,21H2,1H3/b28-20-. The molecule has 2 aliphatic rings. The number of ether oxygens (including phenoxy) is 2. The van der Waals surface area contributed by atoms with Crippen LogP contribution in [0.3, 0.4) is 0 Å². The number of hydrogen-bond acceptors (Lipinski definition) is 5. The molecular weight excluding hydrogens is 468 g/mol. The first-order valence-electron chi connectivity index (χ1n) is 12.3. The fraction of sp³-hybridized carbons (Fsp3) is 0.267. The van der Waals surface area contributed by atoms with Crippen LogP contribution in [0.5, 0.6) is 11.5 Å². The summed E-state index contributed by atoms with van der Waals surface area (Å²) in [5.41, 5.74) is 3.37. The molecular formula is C30H30N2O3S. The highest BCUT2D eigenvalue weighted by Crippen LogP contribution is 2.35. The lowest BCUT2D eigenvalue weighted by molar-refractivity contribution is -0.113. The van der Waals surface area contributed by atoms with Crippen molar-refractivity contribution in [1.29, 1.82) is 0 Å². The van der Waals surface area contributed by atoms with Crippen molar-refractivity contribution in [2.24, 2.45) is 10.9 Å². The summed E-state index contributed by atoms with van der Waals surface area (Å²) in [6.07, 6.45) is 5.23. The van der Waals surface area contributed by atoms with Crippen molar-refractivity contribution < 1.29 is 14.3 Å². The van der Waals surface area contributed by atoms with Crippen LogP contribution in [0.1, 0.15) is 29.5 Å². The van der Waals surface area contributed by atoms with Crippen LogP contribution in [-0.2, 0) is 17.8 Å². The number of nitrogens with zero attached hydrogens (tertiary/aromatic N) is 2. The lowest BCUT2D eigenvalue weighted by Gasteiger charge is -2.32. The van der Waals surface area contributed by atoms with Crippen LogP contribution in [0, 0.1) is 5.92 Å². The molecule has 0 spiro atoms. The van der Waals surface area contributed by atoms with Gasteiger partial charge >= 0.3 is 0 Å². The van der Waals surface area contributed by atoms with Crippen molar-refractivity contribution in [2.45, 2.75) is 25.9 Å². The molecule has 0 saturated carbocycles. The molecule has 5 nitrogen and oxygen atoms in total. The number of likely N-dealkylation sites (tertiary alicyclic amines) is 1. The van der Waals surface area contributed by atoms with Gasteiger partial charge in [-0.05, 0) is 71.8 Å². The molecule has 0 bridgehead atoms. The number of piperidine rings is 1. The first-order chi connectivity index (χ1) is 17.7. The monoisotopic (exact) mass is 498 g/mol. The van der Waals surface area contributed by atoms with Crippen LogP contribution >= 0.6 is 11.8 Å². The number of carbonyl (C=O) groups is 1. The smallest absolute Gasteiger partial charge is 0.286 e. The van der Waals surface area contributed by atoms with Crippen molar-refractivity contribution in [3.8, 4) is 11.5 Å². The predicted molar refractivity (Wildman–Crippen MR) is 146 cm³/mol. The van der Waals surface area contributed by atoms with Gasteiger partial charge in [0, 0.05) is 13.1 Å². The van der Waals surface area contributed by atoms with Crippen LogP contribution in [0.15, 0.2) is 88.8 Å². The summed E-state index contributed by atoms with van der Waals surface area (Å²) in [6, 6.07) is 26.4. The number of benzene rings is 3. The van der Waals surface area contributed by atoms with Crippen LogP contribution in [-0.4, -0.2) is 36.2 Å². The molecule has 5 rings (SSSR count). The Kier molecular flexibility index (Phi) is 7.72. The van der Waals surface area contributed by atoms with Crippen LogP contribution in [0.25, 0.3) is 6.08 Å². The van der Waals surface area contributed by atoms with Gasteiger partial charge in [-0.25, -0.2) is 0 Å². The second-order valence-corrected chi connectivity index (χ2v) is 10.1. The highest BCUT2D eigenvalue weighted by Gasteiger charge is 2.29. The number of hydrogen-bond donors (Lipinski definition) is 0. The summed E-state index contributed by atoms with van der Waals surface area (Å²) in [5.74, 6) is 1.81. The van der Waals surface area contributed by atoms with E-state index >= 15 is 0 Å². The minimum atomic E-state index is -0.176. The fourth-order valence-corrected chi connectivity index (χ4v) is 5.55. The summed E-state index contributed by atoms with van der Waals surface area (Å²) in [5, 5.41) is 0.819. The molecule has 6 heteroatoms. The van der Waals surface area contributed by atoms with Crippen molar-refractivity contribution in [3.63, 3.8) is 0 Å². The van der Waals surface area contributed by atoms with Gasteiger partial charge in [0.05, 0.1) is 12.0 Å². The molecule has 3 aromatic rings. The van der Waals surface area contributed by atoms with E-state index in [1.54, 1.807) is 7.11 Å². The highest BCUT2D eigenvalue weighted by molar-refractivity contribution is 8.18. The van der Waals surface area contributed by atoms with Gasteiger partial charge < -0.3 is 14.4 Å². The number of carbonyl (C=O) groups excluding carboxylic acids is 1. The normalized spacial score (nSPS) is 17.4. The van der Waals surface area contributed by atoms with Crippen molar-refractivity contribution in [2.75, 3.05) is 20.2 Å². The van der Waals surface area contributed by atoms with Crippen molar-refractivity contribution in [3.05, 3.63) is 100 Å². The van der Waals surface area contributed by atoms with Gasteiger partial charge in [0.15, 0.2) is 16.7 Å². The Bertz CT molecular complexity index is 1250. The molecule has 2 heterocycles. The zero-order valence-corrected chi connectivity index (χ0v) is 21.2. The second kappa shape index (κ2) is 11.5. The molecule has 0 unspecified atom stereocenters. The Morgan fingerprint density at radius 1 is 0.944 bits per heavy atom. The maximum absolute atomic E-state index is 12.7. The lowest BCUT2D eigenvalue weighted by atomic mass is 9.90. The van der Waals surface area contributed by atoms with Crippen LogP contribution in [0.4, 0.5) is 0 Å². The van der Waals surface area contributed by atoms with Gasteiger partial charge in [0.2, 0.25) is 0 Å². The SMILES string of the molecule is COc1cc(/C=C2\SC(N3CCC(Cc4ccccc4)CC3)=NC2=O)ccc1OCc1ccccc1. The second-order valence-electron chi connectivity index (χ2n) is 9.11. The highest BCUT2D eigenvalue weighted by atomic mass is 32.2. The maximum Gasteiger partial charge on any atom is 0.286 e. The summed E-state index contributed by atoms with van der Waals surface area (Å²) < 4.78 is 11.5. The van der Waals surface area contributed by atoms with E-state index in [4.69, 9.17) is 9.47 Å². The Morgan fingerprint density at radius 2 is 1.64 bits per heavy atom. The van der Waals surface area contributed by atoms with Crippen LogP contribution in [0.2, 0.25) is 0 Å². The molecule has 0 aromatic heterocycles. The number of aliphatic imine (C=N–C) groups is 1. The quantitative estimate of drug-likeness (QED) is 0.363. The van der Waals surface area contributed by atoms with Gasteiger partial charge in [-0.1, -0.05) is 66.7 Å². The molecule has 1 amide bonds. The average Bonchev–Trinajstić information content (AvgIpc) is 3.29. The number of rotatable bonds is 7. The maximum atomic E-state index is 12.7. The van der Waals surface area contributed by atoms with Gasteiger partial charge in [-0.3, -0.25) is 4.79 Å². The van der Waals surface area contributed by atoms with E-state index in [-0.39, 0.29) is 5.91 Å². The third kappa shape index (κ3) is 6.00. The van der Waals surface area contributed by atoms with Crippen molar-refractivity contribution >= 4 is 28.9 Å². The molecule has 0 N–H and O–H groups in total. The number of methoxy groups -OCH3 is 1. The number of amidine groups is 1. The van der Waals surface area contributed by atoms with E-state index in [1.165, 1.54) is 17.3 Å². The van der Waals surface area contributed by atoms with Crippen molar-refractivity contribution in [1.82, 2.24) is 4.90 Å². The minimum absolute atomic E-state index is 0.176. The molecule has 184 valence electrons. The largest absolute Gasteiger partial charge is 0.493 e. The summed E-state index contributed by atoms with van der Waals surface area (Å²) in [4.78, 5) is 19.9. The number of thioether (sulfide) groups is 1. The predicted octanol–water partition coefficient (Wildman–Crippen LogP) is 6.20. The molecule has 1 saturated heterocycles. The van der Waals surface area contributed by atoms with E-state index < -0.39 is 0 Å². The Morgan fingerprint density at radius 3 is 2.33 bits per heavy atom.